The van der Waals surface area contributed by atoms with E-state index in [1.165, 1.54) is 0 Å². The smallest absolute Gasteiger partial charge is 0.215 e. The Bertz CT molecular complexity index is 621. The van der Waals surface area contributed by atoms with Crippen LogP contribution in [0, 0.1) is 0 Å². The number of aryl methyl sites for hydroxylation is 1. The highest BCUT2D eigenvalue weighted by Gasteiger charge is 2.10. The number of rotatable bonds is 7. The highest BCUT2D eigenvalue weighted by Crippen LogP contribution is 2.08. The van der Waals surface area contributed by atoms with Crippen molar-refractivity contribution >= 4 is 15.7 Å². The minimum absolute atomic E-state index is 0.0327. The number of aromatic nitrogens is 2. The first-order valence-electron chi connectivity index (χ1n) is 6.34. The summed E-state index contributed by atoms with van der Waals surface area (Å²) in [7, 11) is -3.31. The molecule has 1 aromatic carbocycles. The molecule has 0 bridgehead atoms. The standard InChI is InChI=1S/C13H18N4O2S/c14-13-5-3-12(4-6-13)11-20(18,19)16-8-2-10-17-9-1-7-15-17/h1,3-7,9,16H,2,8,10-11,14H2. The fourth-order valence-electron chi connectivity index (χ4n) is 1.79. The van der Waals surface area contributed by atoms with Gasteiger partial charge in [0.1, 0.15) is 0 Å². The fourth-order valence-corrected chi connectivity index (χ4v) is 2.97. The van der Waals surface area contributed by atoms with Gasteiger partial charge in [-0.25, -0.2) is 13.1 Å². The zero-order valence-electron chi connectivity index (χ0n) is 11.1. The van der Waals surface area contributed by atoms with E-state index in [0.29, 0.717) is 25.2 Å². The van der Waals surface area contributed by atoms with E-state index >= 15 is 0 Å². The van der Waals surface area contributed by atoms with Crippen LogP contribution in [-0.2, 0) is 22.3 Å². The van der Waals surface area contributed by atoms with Crippen LogP contribution >= 0.6 is 0 Å². The summed E-state index contributed by atoms with van der Waals surface area (Å²) in [5, 5.41) is 4.05. The third kappa shape index (κ3) is 4.67. The summed E-state index contributed by atoms with van der Waals surface area (Å²) in [5.41, 5.74) is 6.91. The lowest BCUT2D eigenvalue weighted by Crippen LogP contribution is -2.26. The van der Waals surface area contributed by atoms with E-state index in [9.17, 15) is 8.42 Å². The van der Waals surface area contributed by atoms with Gasteiger partial charge in [0.05, 0.1) is 5.75 Å². The van der Waals surface area contributed by atoms with Crippen LogP contribution in [0.4, 0.5) is 5.69 Å². The lowest BCUT2D eigenvalue weighted by atomic mass is 10.2. The van der Waals surface area contributed by atoms with Crippen molar-refractivity contribution in [1.29, 1.82) is 0 Å². The van der Waals surface area contributed by atoms with Crippen molar-refractivity contribution in [2.45, 2.75) is 18.7 Å². The largest absolute Gasteiger partial charge is 0.399 e. The van der Waals surface area contributed by atoms with Gasteiger partial charge in [0, 0.05) is 31.2 Å². The Labute approximate surface area is 118 Å². The molecule has 0 radical (unpaired) electrons. The van der Waals surface area contributed by atoms with Crippen LogP contribution < -0.4 is 10.5 Å². The van der Waals surface area contributed by atoms with E-state index in [0.717, 1.165) is 5.56 Å². The quantitative estimate of drug-likeness (QED) is 0.588. The van der Waals surface area contributed by atoms with Crippen molar-refractivity contribution in [3.63, 3.8) is 0 Å². The second-order valence-corrected chi connectivity index (χ2v) is 6.32. The summed E-state index contributed by atoms with van der Waals surface area (Å²) in [6, 6.07) is 8.67. The predicted molar refractivity (Wildman–Crippen MR) is 78.3 cm³/mol. The van der Waals surface area contributed by atoms with Crippen molar-refractivity contribution in [1.82, 2.24) is 14.5 Å². The number of hydrogen-bond donors (Lipinski definition) is 2. The van der Waals surface area contributed by atoms with Crippen LogP contribution in [0.2, 0.25) is 0 Å². The third-order valence-corrected chi connectivity index (χ3v) is 4.14. The molecule has 0 spiro atoms. The maximum atomic E-state index is 11.9. The summed E-state index contributed by atoms with van der Waals surface area (Å²) in [6.07, 6.45) is 4.25. The zero-order chi connectivity index (χ0) is 14.4. The molecule has 0 fully saturated rings. The minimum Gasteiger partial charge on any atom is -0.399 e. The van der Waals surface area contributed by atoms with Crippen molar-refractivity contribution in [3.8, 4) is 0 Å². The van der Waals surface area contributed by atoms with Crippen LogP contribution in [0.1, 0.15) is 12.0 Å². The molecule has 7 heteroatoms. The van der Waals surface area contributed by atoms with Gasteiger partial charge in [-0.2, -0.15) is 5.10 Å². The van der Waals surface area contributed by atoms with E-state index in [1.807, 2.05) is 12.3 Å². The maximum Gasteiger partial charge on any atom is 0.215 e. The van der Waals surface area contributed by atoms with Gasteiger partial charge in [-0.1, -0.05) is 12.1 Å². The second kappa shape index (κ2) is 6.53. The first-order valence-corrected chi connectivity index (χ1v) is 7.99. The Balaban J connectivity index is 1.77. The topological polar surface area (TPSA) is 90.0 Å². The normalized spacial score (nSPS) is 11.6. The molecule has 0 unspecified atom stereocenters. The molecule has 0 aliphatic rings. The summed E-state index contributed by atoms with van der Waals surface area (Å²) in [4.78, 5) is 0. The number of benzene rings is 1. The number of nitrogens with one attached hydrogen (secondary N) is 1. The Kier molecular flexibility index (Phi) is 4.75. The van der Waals surface area contributed by atoms with Crippen LogP contribution in [0.3, 0.4) is 0 Å². The number of sulfonamides is 1. The molecule has 2 aromatic rings. The molecule has 1 aromatic heterocycles. The molecule has 0 saturated heterocycles. The minimum atomic E-state index is -3.31. The molecule has 1 heterocycles. The van der Waals surface area contributed by atoms with Gasteiger partial charge in [-0.3, -0.25) is 4.68 Å². The van der Waals surface area contributed by atoms with Gasteiger partial charge in [-0.05, 0) is 30.2 Å². The maximum absolute atomic E-state index is 11.9. The monoisotopic (exact) mass is 294 g/mol. The Morgan fingerprint density at radius 2 is 2.00 bits per heavy atom. The summed E-state index contributed by atoms with van der Waals surface area (Å²) in [5.74, 6) is -0.0327. The van der Waals surface area contributed by atoms with Crippen LogP contribution in [0.25, 0.3) is 0 Å². The molecule has 108 valence electrons. The number of hydrogen-bond acceptors (Lipinski definition) is 4. The number of nitrogens with two attached hydrogens (primary N) is 1. The molecule has 0 amide bonds. The Hall–Kier alpha value is -1.86. The van der Waals surface area contributed by atoms with Crippen LogP contribution in [-0.4, -0.2) is 24.7 Å². The lowest BCUT2D eigenvalue weighted by molar-refractivity contribution is 0.552. The van der Waals surface area contributed by atoms with E-state index in [2.05, 4.69) is 9.82 Å². The fraction of sp³-hybridized carbons (Fsp3) is 0.308. The average molecular weight is 294 g/mol. The van der Waals surface area contributed by atoms with Crippen molar-refractivity contribution in [3.05, 3.63) is 48.3 Å². The molecular formula is C13H18N4O2S. The lowest BCUT2D eigenvalue weighted by Gasteiger charge is -2.07. The highest BCUT2D eigenvalue weighted by atomic mass is 32.2. The SMILES string of the molecule is Nc1ccc(CS(=O)(=O)NCCCn2cccn2)cc1. The van der Waals surface area contributed by atoms with E-state index in [1.54, 1.807) is 35.1 Å². The third-order valence-electron chi connectivity index (χ3n) is 2.78. The van der Waals surface area contributed by atoms with Gasteiger partial charge in [0.25, 0.3) is 0 Å². The molecule has 6 nitrogen and oxygen atoms in total. The molecule has 2 rings (SSSR count). The molecule has 20 heavy (non-hydrogen) atoms. The molecular weight excluding hydrogens is 276 g/mol. The molecule has 0 aliphatic carbocycles. The van der Waals surface area contributed by atoms with Crippen molar-refractivity contribution in [2.75, 3.05) is 12.3 Å². The number of nitrogen functional groups attached to an aromatic ring is 1. The average Bonchev–Trinajstić information content (AvgIpc) is 2.90. The molecule has 3 N–H and O–H groups in total. The number of nitrogens with zero attached hydrogens (tertiary/aromatic N) is 2. The van der Waals surface area contributed by atoms with Crippen molar-refractivity contribution < 1.29 is 8.42 Å². The summed E-state index contributed by atoms with van der Waals surface area (Å²) >= 11 is 0. The van der Waals surface area contributed by atoms with Gasteiger partial charge in [0.15, 0.2) is 0 Å². The van der Waals surface area contributed by atoms with Gasteiger partial charge in [-0.15, -0.1) is 0 Å². The summed E-state index contributed by atoms with van der Waals surface area (Å²) in [6.45, 7) is 1.09. The summed E-state index contributed by atoms with van der Waals surface area (Å²) < 4.78 is 28.1. The molecule has 0 atom stereocenters. The second-order valence-electron chi connectivity index (χ2n) is 4.52. The van der Waals surface area contributed by atoms with Gasteiger partial charge < -0.3 is 5.73 Å². The van der Waals surface area contributed by atoms with E-state index in [4.69, 9.17) is 5.73 Å². The van der Waals surface area contributed by atoms with Crippen LogP contribution in [0.15, 0.2) is 42.7 Å². The first-order chi connectivity index (χ1) is 9.55. The van der Waals surface area contributed by atoms with E-state index < -0.39 is 10.0 Å². The highest BCUT2D eigenvalue weighted by molar-refractivity contribution is 7.88. The van der Waals surface area contributed by atoms with Crippen molar-refractivity contribution in [2.24, 2.45) is 0 Å². The molecule has 0 aliphatic heterocycles. The molecule has 0 saturated carbocycles. The predicted octanol–water partition coefficient (Wildman–Crippen LogP) is 0.975. The first kappa shape index (κ1) is 14.5. The Morgan fingerprint density at radius 3 is 2.65 bits per heavy atom. The van der Waals surface area contributed by atoms with Gasteiger partial charge >= 0.3 is 0 Å². The van der Waals surface area contributed by atoms with Gasteiger partial charge in [0.2, 0.25) is 10.0 Å². The van der Waals surface area contributed by atoms with E-state index in [-0.39, 0.29) is 5.75 Å². The Morgan fingerprint density at radius 1 is 1.25 bits per heavy atom. The number of anilines is 1. The van der Waals surface area contributed by atoms with Crippen LogP contribution in [0.5, 0.6) is 0 Å². The zero-order valence-corrected chi connectivity index (χ0v) is 11.9.